The molecule has 0 saturated heterocycles. The number of hydrogen-bond donors (Lipinski definition) is 2. The Balaban J connectivity index is 2.46. The fourth-order valence-corrected chi connectivity index (χ4v) is 2.00. The highest BCUT2D eigenvalue weighted by atomic mass is 35.5. The van der Waals surface area contributed by atoms with Gasteiger partial charge in [-0.3, -0.25) is 0 Å². The minimum absolute atomic E-state index is 0.0259. The van der Waals surface area contributed by atoms with Gasteiger partial charge in [-0.2, -0.15) is 0 Å². The molecule has 0 aliphatic rings. The van der Waals surface area contributed by atoms with Crippen LogP contribution in [0.5, 0.6) is 5.75 Å². The fraction of sp³-hybridized carbons (Fsp3) is 0.600. The van der Waals surface area contributed by atoms with Crippen molar-refractivity contribution in [2.24, 2.45) is 0 Å². The van der Waals surface area contributed by atoms with E-state index < -0.39 is 0 Å². The third-order valence-electron chi connectivity index (χ3n) is 2.88. The van der Waals surface area contributed by atoms with Crippen molar-refractivity contribution in [1.29, 1.82) is 0 Å². The molecule has 114 valence electrons. The van der Waals surface area contributed by atoms with Crippen LogP contribution in [0.15, 0.2) is 18.2 Å². The lowest BCUT2D eigenvalue weighted by molar-refractivity contribution is 0.0705. The van der Waals surface area contributed by atoms with Crippen LogP contribution >= 0.6 is 11.6 Å². The van der Waals surface area contributed by atoms with Gasteiger partial charge in [0.2, 0.25) is 0 Å². The Kier molecular flexibility index (Phi) is 8.62. The molecule has 0 spiro atoms. The largest absolute Gasteiger partial charge is 0.490 e. The first-order chi connectivity index (χ1) is 9.69. The van der Waals surface area contributed by atoms with E-state index in [4.69, 9.17) is 26.2 Å². The molecule has 0 aliphatic heterocycles. The van der Waals surface area contributed by atoms with Crippen LogP contribution in [0.3, 0.4) is 0 Å². The summed E-state index contributed by atoms with van der Waals surface area (Å²) in [5.41, 5.74) is 1.15. The summed E-state index contributed by atoms with van der Waals surface area (Å²) in [4.78, 5) is 0. The van der Waals surface area contributed by atoms with E-state index >= 15 is 0 Å². The molecule has 1 atom stereocenters. The molecule has 2 N–H and O–H groups in total. The number of hydrogen-bond acceptors (Lipinski definition) is 4. The molecule has 0 aliphatic carbocycles. The molecule has 0 aromatic heterocycles. The van der Waals surface area contributed by atoms with Crippen LogP contribution in [0.2, 0.25) is 5.02 Å². The Bertz CT molecular complexity index is 387. The topological polar surface area (TPSA) is 50.7 Å². The molecule has 0 amide bonds. The Labute approximate surface area is 126 Å². The maximum atomic E-state index is 8.58. The van der Waals surface area contributed by atoms with Crippen LogP contribution in [0.1, 0.15) is 31.9 Å². The first kappa shape index (κ1) is 17.2. The predicted octanol–water partition coefficient (Wildman–Crippen LogP) is 2.79. The summed E-state index contributed by atoms with van der Waals surface area (Å²) in [6.07, 6.45) is 1.10. The number of nitrogens with one attached hydrogen (secondary N) is 1. The van der Waals surface area contributed by atoms with Gasteiger partial charge in [0.15, 0.2) is 0 Å². The zero-order valence-electron chi connectivity index (χ0n) is 12.2. The second-order valence-electron chi connectivity index (χ2n) is 4.55. The molecule has 5 heteroatoms. The van der Waals surface area contributed by atoms with Crippen molar-refractivity contribution in [3.8, 4) is 5.75 Å². The van der Waals surface area contributed by atoms with Crippen molar-refractivity contribution in [1.82, 2.24) is 5.32 Å². The maximum absolute atomic E-state index is 8.58. The molecule has 0 radical (unpaired) electrons. The summed E-state index contributed by atoms with van der Waals surface area (Å²) in [5, 5.41) is 12.6. The SMILES string of the molecule is CCCNC(C)c1ccc(OCCOCCO)c(Cl)c1. The minimum Gasteiger partial charge on any atom is -0.490 e. The van der Waals surface area contributed by atoms with Gasteiger partial charge >= 0.3 is 0 Å². The third kappa shape index (κ3) is 6.09. The van der Waals surface area contributed by atoms with Crippen molar-refractivity contribution in [3.05, 3.63) is 28.8 Å². The highest BCUT2D eigenvalue weighted by molar-refractivity contribution is 6.32. The Morgan fingerprint density at radius 1 is 1.30 bits per heavy atom. The van der Waals surface area contributed by atoms with Gasteiger partial charge in [0.25, 0.3) is 0 Å². The van der Waals surface area contributed by atoms with E-state index in [1.165, 1.54) is 0 Å². The quantitative estimate of drug-likeness (QED) is 0.653. The van der Waals surface area contributed by atoms with E-state index in [2.05, 4.69) is 19.2 Å². The van der Waals surface area contributed by atoms with Crippen molar-refractivity contribution < 1.29 is 14.6 Å². The highest BCUT2D eigenvalue weighted by Crippen LogP contribution is 2.27. The normalized spacial score (nSPS) is 12.4. The molecular weight excluding hydrogens is 278 g/mol. The molecule has 20 heavy (non-hydrogen) atoms. The fourth-order valence-electron chi connectivity index (χ4n) is 1.76. The lowest BCUT2D eigenvalue weighted by atomic mass is 10.1. The Morgan fingerprint density at radius 3 is 2.75 bits per heavy atom. The summed E-state index contributed by atoms with van der Waals surface area (Å²) in [6.45, 7) is 6.46. The zero-order chi connectivity index (χ0) is 14.8. The third-order valence-corrected chi connectivity index (χ3v) is 3.17. The summed E-state index contributed by atoms with van der Waals surface area (Å²) in [7, 11) is 0. The maximum Gasteiger partial charge on any atom is 0.138 e. The Hall–Kier alpha value is -0.810. The van der Waals surface area contributed by atoms with Crippen molar-refractivity contribution in [2.45, 2.75) is 26.3 Å². The van der Waals surface area contributed by atoms with Crippen molar-refractivity contribution in [2.75, 3.05) is 33.0 Å². The monoisotopic (exact) mass is 301 g/mol. The molecular formula is C15H24ClNO3. The average molecular weight is 302 g/mol. The van der Waals surface area contributed by atoms with Gasteiger partial charge in [-0.1, -0.05) is 24.6 Å². The molecule has 0 bridgehead atoms. The Morgan fingerprint density at radius 2 is 2.10 bits per heavy atom. The van der Waals surface area contributed by atoms with Gasteiger partial charge in [0, 0.05) is 6.04 Å². The first-order valence-electron chi connectivity index (χ1n) is 7.03. The average Bonchev–Trinajstić information content (AvgIpc) is 2.46. The molecule has 1 aromatic carbocycles. The second kappa shape index (κ2) is 10.00. The zero-order valence-corrected chi connectivity index (χ0v) is 12.9. The van der Waals surface area contributed by atoms with E-state index in [9.17, 15) is 0 Å². The number of rotatable bonds is 10. The molecule has 0 saturated carbocycles. The smallest absolute Gasteiger partial charge is 0.138 e. The van der Waals surface area contributed by atoms with Crippen LogP contribution in [0, 0.1) is 0 Å². The second-order valence-corrected chi connectivity index (χ2v) is 4.96. The summed E-state index contributed by atoms with van der Waals surface area (Å²) >= 11 is 6.21. The van der Waals surface area contributed by atoms with Crippen LogP contribution in [0.4, 0.5) is 0 Å². The number of ether oxygens (including phenoxy) is 2. The van der Waals surface area contributed by atoms with Gasteiger partial charge in [-0.25, -0.2) is 0 Å². The van der Waals surface area contributed by atoms with Crippen molar-refractivity contribution >= 4 is 11.6 Å². The molecule has 1 aromatic rings. The number of halogens is 1. The highest BCUT2D eigenvalue weighted by Gasteiger charge is 2.08. The first-order valence-corrected chi connectivity index (χ1v) is 7.41. The van der Waals surface area contributed by atoms with Gasteiger partial charge in [-0.05, 0) is 37.6 Å². The van der Waals surface area contributed by atoms with Crippen LogP contribution in [-0.4, -0.2) is 38.1 Å². The van der Waals surface area contributed by atoms with E-state index in [1.807, 2.05) is 18.2 Å². The van der Waals surface area contributed by atoms with Crippen LogP contribution in [0.25, 0.3) is 0 Å². The van der Waals surface area contributed by atoms with Crippen LogP contribution in [-0.2, 0) is 4.74 Å². The summed E-state index contributed by atoms with van der Waals surface area (Å²) < 4.78 is 10.7. The van der Waals surface area contributed by atoms with Gasteiger partial charge in [-0.15, -0.1) is 0 Å². The van der Waals surface area contributed by atoms with Crippen LogP contribution < -0.4 is 10.1 Å². The number of benzene rings is 1. The molecule has 0 fully saturated rings. The van der Waals surface area contributed by atoms with Gasteiger partial charge in [0.05, 0.1) is 24.8 Å². The lowest BCUT2D eigenvalue weighted by Gasteiger charge is -2.15. The van der Waals surface area contributed by atoms with Gasteiger partial charge in [0.1, 0.15) is 12.4 Å². The summed E-state index contributed by atoms with van der Waals surface area (Å²) in [6, 6.07) is 6.10. The number of aliphatic hydroxyl groups excluding tert-OH is 1. The van der Waals surface area contributed by atoms with E-state index in [1.54, 1.807) is 0 Å². The van der Waals surface area contributed by atoms with Gasteiger partial charge < -0.3 is 19.9 Å². The predicted molar refractivity (Wildman–Crippen MR) is 81.6 cm³/mol. The summed E-state index contributed by atoms with van der Waals surface area (Å²) in [5.74, 6) is 0.658. The molecule has 4 nitrogen and oxygen atoms in total. The van der Waals surface area contributed by atoms with E-state index in [-0.39, 0.29) is 12.6 Å². The molecule has 1 rings (SSSR count). The van der Waals surface area contributed by atoms with E-state index in [0.29, 0.717) is 30.6 Å². The standard InChI is InChI=1S/C15H24ClNO3/c1-3-6-17-12(2)13-4-5-15(14(16)11-13)20-10-9-19-8-7-18/h4-5,11-12,17-18H,3,6-10H2,1-2H3. The molecule has 0 heterocycles. The molecule has 1 unspecified atom stereocenters. The van der Waals surface area contributed by atoms with E-state index in [0.717, 1.165) is 18.5 Å². The lowest BCUT2D eigenvalue weighted by Crippen LogP contribution is -2.19. The number of aliphatic hydroxyl groups is 1. The minimum atomic E-state index is 0.0259. The van der Waals surface area contributed by atoms with Crippen molar-refractivity contribution in [3.63, 3.8) is 0 Å².